The summed E-state index contributed by atoms with van der Waals surface area (Å²) >= 11 is 1.41. The van der Waals surface area contributed by atoms with Crippen molar-refractivity contribution in [2.75, 3.05) is 0 Å². The summed E-state index contributed by atoms with van der Waals surface area (Å²) in [6.45, 7) is 1.76. The highest BCUT2D eigenvalue weighted by atomic mass is 32.1. The van der Waals surface area contributed by atoms with E-state index in [-0.39, 0.29) is 5.63 Å². The van der Waals surface area contributed by atoms with Crippen molar-refractivity contribution < 1.29 is 9.40 Å². The Labute approximate surface area is 106 Å². The van der Waals surface area contributed by atoms with Crippen LogP contribution in [0.1, 0.15) is 23.6 Å². The first-order chi connectivity index (χ1) is 8.72. The Hall–Kier alpha value is -1.75. The molecule has 1 aliphatic carbocycles. The maximum atomic E-state index is 11.8. The quantitative estimate of drug-likeness (QED) is 0.620. The molecule has 5 heteroatoms. The van der Waals surface area contributed by atoms with E-state index in [4.69, 9.17) is 4.42 Å². The highest BCUT2D eigenvalue weighted by molar-refractivity contribution is 7.25. The standard InChI is InChI=1S/C13H10N2O2S/c1-6-14-10-8-5-7-3-2-4-9(7)15-12(8)18-11(10)13(16)17-6/h5H,2-4H2,1H3/p+1. The van der Waals surface area contributed by atoms with E-state index in [0.29, 0.717) is 10.6 Å². The van der Waals surface area contributed by atoms with Gasteiger partial charge in [-0.3, -0.25) is 0 Å². The first-order valence-corrected chi connectivity index (χ1v) is 6.82. The summed E-state index contributed by atoms with van der Waals surface area (Å²) in [5.41, 5.74) is 3.10. The largest absolute Gasteiger partial charge is 0.370 e. The predicted molar refractivity (Wildman–Crippen MR) is 69.0 cm³/mol. The van der Waals surface area contributed by atoms with Crippen LogP contribution in [0.4, 0.5) is 0 Å². The van der Waals surface area contributed by atoms with Crippen molar-refractivity contribution >= 4 is 31.8 Å². The van der Waals surface area contributed by atoms with E-state index >= 15 is 0 Å². The van der Waals surface area contributed by atoms with Gasteiger partial charge in [0, 0.05) is 5.69 Å². The minimum atomic E-state index is -0.274. The normalized spacial score (nSPS) is 14.5. The lowest BCUT2D eigenvalue weighted by Crippen LogP contribution is -2.14. The summed E-state index contributed by atoms with van der Waals surface area (Å²) in [7, 11) is 0. The number of rotatable bonds is 0. The Bertz CT molecular complexity index is 847. The van der Waals surface area contributed by atoms with Gasteiger partial charge in [0.1, 0.15) is 4.83 Å². The first-order valence-electron chi connectivity index (χ1n) is 6.00. The molecule has 0 aliphatic heterocycles. The molecule has 3 heterocycles. The summed E-state index contributed by atoms with van der Waals surface area (Å²) in [6, 6.07) is 2.18. The SMILES string of the molecule is Cc1[nH+]c2c(sc3nc4c(cc32)CCC4)c(=O)o1. The molecule has 0 unspecified atom stereocenters. The number of thiophene rings is 1. The van der Waals surface area contributed by atoms with E-state index in [1.54, 1.807) is 6.92 Å². The number of nitrogens with one attached hydrogen (secondary N) is 1. The van der Waals surface area contributed by atoms with Gasteiger partial charge in [-0.2, -0.15) is 4.98 Å². The molecule has 0 bridgehead atoms. The molecule has 3 aromatic heterocycles. The Morgan fingerprint density at radius 1 is 1.44 bits per heavy atom. The van der Waals surface area contributed by atoms with Gasteiger partial charge in [-0.15, -0.1) is 11.3 Å². The zero-order chi connectivity index (χ0) is 12.3. The number of hydrogen-bond donors (Lipinski definition) is 0. The van der Waals surface area contributed by atoms with Crippen LogP contribution in [-0.4, -0.2) is 4.98 Å². The lowest BCUT2D eigenvalue weighted by atomic mass is 10.2. The summed E-state index contributed by atoms with van der Waals surface area (Å²) in [5.74, 6) is 0.535. The Morgan fingerprint density at radius 2 is 2.33 bits per heavy atom. The number of fused-ring (bicyclic) bond motifs is 4. The molecule has 4 rings (SSSR count). The molecule has 4 nitrogen and oxygen atoms in total. The Balaban J connectivity index is 2.21. The summed E-state index contributed by atoms with van der Waals surface area (Å²) in [6.07, 6.45) is 3.33. The van der Waals surface area contributed by atoms with Crippen molar-refractivity contribution in [2.24, 2.45) is 0 Å². The van der Waals surface area contributed by atoms with Gasteiger partial charge in [0.15, 0.2) is 4.70 Å². The van der Waals surface area contributed by atoms with Gasteiger partial charge in [-0.25, -0.2) is 9.78 Å². The van der Waals surface area contributed by atoms with Crippen molar-refractivity contribution in [2.45, 2.75) is 26.2 Å². The molecule has 90 valence electrons. The van der Waals surface area contributed by atoms with E-state index in [1.807, 2.05) is 0 Å². The van der Waals surface area contributed by atoms with E-state index in [2.05, 4.69) is 16.0 Å². The third kappa shape index (κ3) is 1.28. The average Bonchev–Trinajstić information content (AvgIpc) is 2.90. The number of nitrogens with zero attached hydrogens (tertiary/aromatic N) is 1. The van der Waals surface area contributed by atoms with Crippen LogP contribution >= 0.6 is 11.3 Å². The fourth-order valence-corrected chi connectivity index (χ4v) is 3.64. The van der Waals surface area contributed by atoms with E-state index in [0.717, 1.165) is 28.6 Å². The number of aromatic nitrogens is 2. The van der Waals surface area contributed by atoms with Crippen LogP contribution in [0.25, 0.3) is 20.4 Å². The maximum absolute atomic E-state index is 11.8. The molecule has 1 aliphatic rings. The van der Waals surface area contributed by atoms with Crippen LogP contribution in [0.15, 0.2) is 15.3 Å². The predicted octanol–water partition coefficient (Wildman–Crippen LogP) is 2.01. The van der Waals surface area contributed by atoms with Crippen molar-refractivity contribution in [1.82, 2.24) is 4.98 Å². The Kier molecular flexibility index (Phi) is 1.92. The van der Waals surface area contributed by atoms with Crippen molar-refractivity contribution in [3.05, 3.63) is 33.6 Å². The first kappa shape index (κ1) is 10.2. The molecule has 0 spiro atoms. The summed E-state index contributed by atoms with van der Waals surface area (Å²) in [5, 5.41) is 1.05. The van der Waals surface area contributed by atoms with Crippen molar-refractivity contribution in [3.8, 4) is 0 Å². The van der Waals surface area contributed by atoms with Crippen LogP contribution in [-0.2, 0) is 12.8 Å². The second-order valence-electron chi connectivity index (χ2n) is 4.68. The molecule has 0 saturated heterocycles. The smallest absolute Gasteiger partial charge is 0.364 e. The number of H-pyrrole nitrogens is 1. The topological polar surface area (TPSA) is 57.2 Å². The van der Waals surface area contributed by atoms with Gasteiger partial charge in [0.05, 0.1) is 12.3 Å². The minimum absolute atomic E-state index is 0.274. The van der Waals surface area contributed by atoms with Gasteiger partial charge >= 0.3 is 11.5 Å². The zero-order valence-corrected chi connectivity index (χ0v) is 10.7. The second kappa shape index (κ2) is 3.38. The minimum Gasteiger partial charge on any atom is -0.370 e. The monoisotopic (exact) mass is 259 g/mol. The molecule has 0 fully saturated rings. The second-order valence-corrected chi connectivity index (χ2v) is 5.68. The van der Waals surface area contributed by atoms with E-state index in [9.17, 15) is 4.79 Å². The van der Waals surface area contributed by atoms with Crippen molar-refractivity contribution in [1.29, 1.82) is 0 Å². The molecule has 18 heavy (non-hydrogen) atoms. The summed E-state index contributed by atoms with van der Waals surface area (Å²) < 4.78 is 5.72. The fraction of sp³-hybridized carbons (Fsp3) is 0.308. The average molecular weight is 259 g/mol. The number of aryl methyl sites for hydroxylation is 3. The lowest BCUT2D eigenvalue weighted by Gasteiger charge is -1.96. The lowest BCUT2D eigenvalue weighted by molar-refractivity contribution is -0.375. The van der Waals surface area contributed by atoms with Gasteiger partial charge in [-0.05, 0) is 30.9 Å². The van der Waals surface area contributed by atoms with Crippen molar-refractivity contribution in [3.63, 3.8) is 0 Å². The molecular weight excluding hydrogens is 248 g/mol. The molecule has 0 aromatic carbocycles. The number of aromatic amines is 1. The molecule has 0 saturated carbocycles. The fourth-order valence-electron chi connectivity index (χ4n) is 2.63. The van der Waals surface area contributed by atoms with Crippen LogP contribution in [0.3, 0.4) is 0 Å². The third-order valence-corrected chi connectivity index (χ3v) is 4.52. The highest BCUT2D eigenvalue weighted by Gasteiger charge is 2.21. The highest BCUT2D eigenvalue weighted by Crippen LogP contribution is 2.32. The van der Waals surface area contributed by atoms with Gasteiger partial charge < -0.3 is 4.42 Å². The summed E-state index contributed by atoms with van der Waals surface area (Å²) in [4.78, 5) is 20.6. The van der Waals surface area contributed by atoms with Crippen LogP contribution in [0.5, 0.6) is 0 Å². The Morgan fingerprint density at radius 3 is 3.22 bits per heavy atom. The van der Waals surface area contributed by atoms with E-state index < -0.39 is 0 Å². The molecule has 0 amide bonds. The van der Waals surface area contributed by atoms with Gasteiger partial charge in [-0.1, -0.05) is 0 Å². The van der Waals surface area contributed by atoms with Crippen LogP contribution in [0, 0.1) is 6.92 Å². The van der Waals surface area contributed by atoms with E-state index in [1.165, 1.54) is 29.0 Å². The van der Waals surface area contributed by atoms with Gasteiger partial charge in [0.25, 0.3) is 0 Å². The maximum Gasteiger partial charge on any atom is 0.364 e. The number of pyridine rings is 1. The molecular formula is C13H11N2O2S+. The number of hydrogen-bond acceptors (Lipinski definition) is 4. The zero-order valence-electron chi connectivity index (χ0n) is 9.87. The third-order valence-electron chi connectivity index (χ3n) is 3.44. The molecule has 0 atom stereocenters. The molecule has 1 N–H and O–H groups in total. The molecule has 0 radical (unpaired) electrons. The van der Waals surface area contributed by atoms with Gasteiger partial charge in [0.2, 0.25) is 5.52 Å². The van der Waals surface area contributed by atoms with Crippen LogP contribution < -0.4 is 10.6 Å². The van der Waals surface area contributed by atoms with Crippen LogP contribution in [0.2, 0.25) is 0 Å². The molecule has 3 aromatic rings.